The molecule has 0 aromatic rings. The van der Waals surface area contributed by atoms with E-state index in [2.05, 4.69) is 25.7 Å². The van der Waals surface area contributed by atoms with Gasteiger partial charge in [-0.2, -0.15) is 0 Å². The minimum absolute atomic E-state index is 0.770. The van der Waals surface area contributed by atoms with E-state index in [1.165, 1.54) is 18.9 Å². The normalized spacial score (nSPS) is 11.2. The van der Waals surface area contributed by atoms with Crippen LogP contribution in [0.3, 0.4) is 0 Å². The first kappa shape index (κ1) is 15.4. The van der Waals surface area contributed by atoms with Crippen molar-refractivity contribution in [2.45, 2.75) is 39.5 Å². The highest BCUT2D eigenvalue weighted by atomic mass is 16.1. The van der Waals surface area contributed by atoms with E-state index >= 15 is 0 Å². The van der Waals surface area contributed by atoms with Crippen LogP contribution < -0.4 is 0 Å². The van der Waals surface area contributed by atoms with E-state index in [9.17, 15) is 4.79 Å². The van der Waals surface area contributed by atoms with Gasteiger partial charge in [-0.25, -0.2) is 0 Å². The van der Waals surface area contributed by atoms with Gasteiger partial charge in [-0.15, -0.1) is 5.73 Å². The molecule has 1 nitrogen and oxygen atoms in total. The summed E-state index contributed by atoms with van der Waals surface area (Å²) < 4.78 is 0. The maximum absolute atomic E-state index is 10.1. The molecular weight excluding hydrogens is 208 g/mol. The van der Waals surface area contributed by atoms with Crippen molar-refractivity contribution in [1.82, 2.24) is 0 Å². The van der Waals surface area contributed by atoms with Gasteiger partial charge in [-0.1, -0.05) is 57.1 Å². The van der Waals surface area contributed by atoms with Crippen molar-refractivity contribution in [3.8, 4) is 0 Å². The molecule has 0 N–H and O–H groups in total. The van der Waals surface area contributed by atoms with Crippen LogP contribution in [0.15, 0.2) is 53.8 Å². The number of hydrogen-bond donors (Lipinski definition) is 0. The Kier molecular flexibility index (Phi) is 11.3. The van der Waals surface area contributed by atoms with E-state index in [0.29, 0.717) is 0 Å². The van der Waals surface area contributed by atoms with Crippen LogP contribution >= 0.6 is 0 Å². The Morgan fingerprint density at radius 1 is 1.12 bits per heavy atom. The number of rotatable bonds is 8. The van der Waals surface area contributed by atoms with Crippen molar-refractivity contribution >= 4 is 6.29 Å². The first-order chi connectivity index (χ1) is 8.35. The lowest BCUT2D eigenvalue weighted by Crippen LogP contribution is -1.70. The van der Waals surface area contributed by atoms with Crippen molar-refractivity contribution in [2.24, 2.45) is 0 Å². The highest BCUT2D eigenvalue weighted by Crippen LogP contribution is 2.01. The molecule has 0 aromatic carbocycles. The molecule has 0 saturated carbocycles. The van der Waals surface area contributed by atoms with Crippen LogP contribution in [-0.4, -0.2) is 6.29 Å². The molecule has 0 atom stereocenters. The highest BCUT2D eigenvalue weighted by Gasteiger charge is 1.82. The van der Waals surface area contributed by atoms with E-state index in [0.717, 1.165) is 24.7 Å². The van der Waals surface area contributed by atoms with E-state index in [-0.39, 0.29) is 0 Å². The summed E-state index contributed by atoms with van der Waals surface area (Å²) in [7, 11) is 0. The van der Waals surface area contributed by atoms with Crippen LogP contribution in [0.1, 0.15) is 39.5 Å². The Morgan fingerprint density at radius 3 is 2.59 bits per heavy atom. The van der Waals surface area contributed by atoms with Gasteiger partial charge >= 0.3 is 0 Å². The third-order valence-electron chi connectivity index (χ3n) is 2.20. The van der Waals surface area contributed by atoms with Gasteiger partial charge in [0.15, 0.2) is 0 Å². The van der Waals surface area contributed by atoms with Gasteiger partial charge in [0.2, 0.25) is 0 Å². The molecule has 0 saturated heterocycles. The summed E-state index contributed by atoms with van der Waals surface area (Å²) >= 11 is 0. The van der Waals surface area contributed by atoms with Crippen molar-refractivity contribution in [1.29, 1.82) is 0 Å². The SMILES string of the molecule is CCCCC=CC=C=C(C=C/C=C\C=O)CC. The van der Waals surface area contributed by atoms with Crippen LogP contribution in [0.2, 0.25) is 0 Å². The van der Waals surface area contributed by atoms with E-state index < -0.39 is 0 Å². The zero-order valence-electron chi connectivity index (χ0n) is 10.9. The summed E-state index contributed by atoms with van der Waals surface area (Å²) in [6.45, 7) is 4.28. The fourth-order valence-electron chi connectivity index (χ4n) is 1.19. The van der Waals surface area contributed by atoms with E-state index in [4.69, 9.17) is 0 Å². The predicted molar refractivity (Wildman–Crippen MR) is 74.9 cm³/mol. The second-order valence-electron chi connectivity index (χ2n) is 3.64. The molecule has 0 aliphatic carbocycles. The summed E-state index contributed by atoms with van der Waals surface area (Å²) in [4.78, 5) is 10.1. The second kappa shape index (κ2) is 12.5. The summed E-state index contributed by atoms with van der Waals surface area (Å²) in [6, 6.07) is 0. The summed E-state index contributed by atoms with van der Waals surface area (Å²) in [5, 5.41) is 0. The minimum atomic E-state index is 0.770. The van der Waals surface area contributed by atoms with Crippen molar-refractivity contribution in [3.05, 3.63) is 53.8 Å². The largest absolute Gasteiger partial charge is 0.299 e. The number of unbranched alkanes of at least 4 members (excludes halogenated alkanes) is 2. The molecule has 0 heterocycles. The molecule has 0 aliphatic heterocycles. The van der Waals surface area contributed by atoms with Gasteiger partial charge in [0.05, 0.1) is 0 Å². The quantitative estimate of drug-likeness (QED) is 0.197. The lowest BCUT2D eigenvalue weighted by molar-refractivity contribution is -0.104. The Bertz CT molecular complexity index is 337. The third kappa shape index (κ3) is 10.7. The minimum Gasteiger partial charge on any atom is -0.299 e. The Morgan fingerprint density at radius 2 is 1.94 bits per heavy atom. The summed E-state index contributed by atoms with van der Waals surface area (Å²) in [5.41, 5.74) is 4.34. The summed E-state index contributed by atoms with van der Waals surface area (Å²) in [6.07, 6.45) is 18.5. The molecular formula is C16H22O. The molecule has 0 radical (unpaired) electrons. The molecule has 0 aromatic heterocycles. The van der Waals surface area contributed by atoms with Crippen LogP contribution in [0.25, 0.3) is 0 Å². The standard InChI is InChI=1S/C16H22O/c1-3-5-6-7-8-10-13-16(4-2)14-11-9-12-15-17/h7-12,14-15H,3-6H2,1-2H3/b8-7?,12-9-,14-11?. The van der Waals surface area contributed by atoms with E-state index in [1.54, 1.807) is 6.08 Å². The molecule has 0 unspecified atom stereocenters. The van der Waals surface area contributed by atoms with Gasteiger partial charge in [0.25, 0.3) is 0 Å². The topological polar surface area (TPSA) is 17.1 Å². The average molecular weight is 230 g/mol. The van der Waals surface area contributed by atoms with Gasteiger partial charge in [0, 0.05) is 0 Å². The fourth-order valence-corrected chi connectivity index (χ4v) is 1.19. The first-order valence-corrected chi connectivity index (χ1v) is 6.24. The number of carbonyl (C=O) groups is 1. The van der Waals surface area contributed by atoms with Gasteiger partial charge in [-0.3, -0.25) is 4.79 Å². The molecule has 0 aliphatic rings. The fraction of sp³-hybridized carbons (Fsp3) is 0.375. The molecule has 0 bridgehead atoms. The molecule has 0 rings (SSSR count). The second-order valence-corrected chi connectivity index (χ2v) is 3.64. The first-order valence-electron chi connectivity index (χ1n) is 6.24. The van der Waals surface area contributed by atoms with Crippen LogP contribution in [0.5, 0.6) is 0 Å². The predicted octanol–water partition coefficient (Wildman–Crippen LogP) is 4.54. The number of carbonyl (C=O) groups excluding carboxylic acids is 1. The Labute approximate surface area is 105 Å². The van der Waals surface area contributed by atoms with Gasteiger partial charge in [-0.05, 0) is 30.6 Å². The number of aldehydes is 1. The Balaban J connectivity index is 4.28. The molecule has 0 amide bonds. The third-order valence-corrected chi connectivity index (χ3v) is 2.20. The van der Waals surface area contributed by atoms with Gasteiger partial charge < -0.3 is 0 Å². The van der Waals surface area contributed by atoms with Crippen LogP contribution in [-0.2, 0) is 4.79 Å². The van der Waals surface area contributed by atoms with E-state index in [1.807, 2.05) is 24.3 Å². The highest BCUT2D eigenvalue weighted by molar-refractivity contribution is 5.65. The molecule has 0 fully saturated rings. The monoisotopic (exact) mass is 230 g/mol. The maximum atomic E-state index is 10.1. The maximum Gasteiger partial charge on any atom is 0.142 e. The lowest BCUT2D eigenvalue weighted by atomic mass is 10.2. The van der Waals surface area contributed by atoms with Gasteiger partial charge in [0.1, 0.15) is 6.29 Å². The average Bonchev–Trinajstić information content (AvgIpc) is 2.36. The summed E-state index contributed by atoms with van der Waals surface area (Å²) in [5.74, 6) is 0. The number of allylic oxidation sites excluding steroid dienone is 7. The molecule has 0 spiro atoms. The molecule has 92 valence electrons. The molecule has 1 heteroatoms. The molecule has 17 heavy (non-hydrogen) atoms. The van der Waals surface area contributed by atoms with Crippen molar-refractivity contribution in [2.75, 3.05) is 0 Å². The lowest BCUT2D eigenvalue weighted by Gasteiger charge is -1.88. The zero-order chi connectivity index (χ0) is 12.8. The Hall–Kier alpha value is -1.59. The smallest absolute Gasteiger partial charge is 0.142 e. The van der Waals surface area contributed by atoms with Crippen molar-refractivity contribution < 1.29 is 4.79 Å². The van der Waals surface area contributed by atoms with Crippen molar-refractivity contribution in [3.63, 3.8) is 0 Å². The van der Waals surface area contributed by atoms with Crippen LogP contribution in [0.4, 0.5) is 0 Å². The van der Waals surface area contributed by atoms with Crippen LogP contribution in [0, 0.1) is 0 Å². The number of hydrogen-bond acceptors (Lipinski definition) is 1. The zero-order valence-corrected chi connectivity index (χ0v) is 10.9.